The minimum Gasteiger partial charge on any atom is -0.398 e. The van der Waals surface area contributed by atoms with Gasteiger partial charge in [-0.25, -0.2) is 4.39 Å². The largest absolute Gasteiger partial charge is 0.398 e. The zero-order valence-electron chi connectivity index (χ0n) is 9.24. The fourth-order valence-electron chi connectivity index (χ4n) is 1.45. The van der Waals surface area contributed by atoms with E-state index in [2.05, 4.69) is 5.32 Å². The molecule has 0 unspecified atom stereocenters. The number of carbonyl (C=O) groups excluding carboxylic acids is 1. The number of carbonyl (C=O) groups is 1. The van der Waals surface area contributed by atoms with Crippen LogP contribution in [0.3, 0.4) is 0 Å². The Hall–Kier alpha value is -1.59. The van der Waals surface area contributed by atoms with E-state index in [0.717, 1.165) is 10.9 Å². The van der Waals surface area contributed by atoms with Crippen LogP contribution in [0.25, 0.3) is 0 Å². The second-order valence-electron chi connectivity index (χ2n) is 3.62. The first-order valence-corrected chi connectivity index (χ1v) is 6.33. The molecule has 0 fully saturated rings. The van der Waals surface area contributed by atoms with Crippen molar-refractivity contribution in [3.8, 4) is 0 Å². The number of rotatable bonds is 3. The molecule has 3 nitrogen and oxygen atoms in total. The van der Waals surface area contributed by atoms with Crippen molar-refractivity contribution in [2.45, 2.75) is 6.54 Å². The molecule has 0 spiro atoms. The predicted octanol–water partition coefficient (Wildman–Crippen LogP) is 3.05. The Bertz CT molecular complexity index is 585. The van der Waals surface area contributed by atoms with Gasteiger partial charge in [-0.3, -0.25) is 4.79 Å². The van der Waals surface area contributed by atoms with Crippen molar-refractivity contribution in [3.63, 3.8) is 0 Å². The first-order chi connectivity index (χ1) is 8.56. The quantitative estimate of drug-likeness (QED) is 0.851. The van der Waals surface area contributed by atoms with E-state index in [1.807, 2.05) is 6.07 Å². The Morgan fingerprint density at radius 3 is 2.78 bits per heavy atom. The van der Waals surface area contributed by atoms with E-state index in [9.17, 15) is 9.18 Å². The van der Waals surface area contributed by atoms with Crippen LogP contribution in [0.2, 0.25) is 4.34 Å². The molecule has 1 amide bonds. The van der Waals surface area contributed by atoms with Gasteiger partial charge in [-0.15, -0.1) is 11.3 Å². The van der Waals surface area contributed by atoms with Crippen LogP contribution >= 0.6 is 22.9 Å². The lowest BCUT2D eigenvalue weighted by atomic mass is 10.1. The molecule has 6 heteroatoms. The summed E-state index contributed by atoms with van der Waals surface area (Å²) in [6.07, 6.45) is 0. The van der Waals surface area contributed by atoms with E-state index >= 15 is 0 Å². The molecule has 0 radical (unpaired) electrons. The third-order valence-electron chi connectivity index (χ3n) is 2.31. The van der Waals surface area contributed by atoms with Gasteiger partial charge in [0.2, 0.25) is 0 Å². The van der Waals surface area contributed by atoms with Crippen molar-refractivity contribution in [1.82, 2.24) is 5.32 Å². The molecule has 94 valence electrons. The highest BCUT2D eigenvalue weighted by Gasteiger charge is 2.10. The molecule has 0 saturated carbocycles. The number of benzene rings is 1. The lowest BCUT2D eigenvalue weighted by Crippen LogP contribution is -2.23. The van der Waals surface area contributed by atoms with Crippen LogP contribution in [0, 0.1) is 5.82 Å². The topological polar surface area (TPSA) is 55.1 Å². The van der Waals surface area contributed by atoms with E-state index in [4.69, 9.17) is 17.3 Å². The summed E-state index contributed by atoms with van der Waals surface area (Å²) in [6, 6.07) is 7.28. The second kappa shape index (κ2) is 5.37. The average molecular weight is 285 g/mol. The normalized spacial score (nSPS) is 10.3. The molecule has 0 aliphatic carbocycles. The minimum absolute atomic E-state index is 0.122. The molecule has 0 aliphatic rings. The van der Waals surface area contributed by atoms with E-state index in [1.165, 1.54) is 23.5 Å². The zero-order valence-corrected chi connectivity index (χ0v) is 10.8. The summed E-state index contributed by atoms with van der Waals surface area (Å²) in [6.45, 7) is 0.368. The molecule has 0 bridgehead atoms. The average Bonchev–Trinajstić information content (AvgIpc) is 2.72. The fourth-order valence-corrected chi connectivity index (χ4v) is 2.48. The highest BCUT2D eigenvalue weighted by Crippen LogP contribution is 2.21. The van der Waals surface area contributed by atoms with Gasteiger partial charge in [0.1, 0.15) is 5.82 Å². The van der Waals surface area contributed by atoms with Crippen LogP contribution < -0.4 is 11.1 Å². The van der Waals surface area contributed by atoms with Gasteiger partial charge in [-0.05, 0) is 30.3 Å². The molecule has 1 aromatic carbocycles. The van der Waals surface area contributed by atoms with Crippen LogP contribution in [0.4, 0.5) is 10.1 Å². The van der Waals surface area contributed by atoms with E-state index < -0.39 is 5.82 Å². The maximum absolute atomic E-state index is 12.8. The van der Waals surface area contributed by atoms with Crippen LogP contribution in [0.1, 0.15) is 15.2 Å². The summed E-state index contributed by atoms with van der Waals surface area (Å²) in [5, 5.41) is 2.70. The fraction of sp³-hybridized carbons (Fsp3) is 0.0833. The van der Waals surface area contributed by atoms with Crippen LogP contribution in [0.5, 0.6) is 0 Å². The third kappa shape index (κ3) is 3.00. The van der Waals surface area contributed by atoms with Gasteiger partial charge in [0.15, 0.2) is 0 Å². The lowest BCUT2D eigenvalue weighted by Gasteiger charge is -2.06. The number of amides is 1. The number of thiophene rings is 1. The highest BCUT2D eigenvalue weighted by molar-refractivity contribution is 7.16. The summed E-state index contributed by atoms with van der Waals surface area (Å²) in [7, 11) is 0. The van der Waals surface area contributed by atoms with E-state index in [1.54, 1.807) is 6.07 Å². The number of nitrogen functional groups attached to an aromatic ring is 1. The monoisotopic (exact) mass is 284 g/mol. The number of nitrogens with one attached hydrogen (secondary N) is 1. The van der Waals surface area contributed by atoms with Crippen molar-refractivity contribution in [2.75, 3.05) is 5.73 Å². The van der Waals surface area contributed by atoms with E-state index in [-0.39, 0.29) is 17.2 Å². The Morgan fingerprint density at radius 1 is 1.39 bits per heavy atom. The van der Waals surface area contributed by atoms with Crippen LogP contribution in [-0.4, -0.2) is 5.91 Å². The third-order valence-corrected chi connectivity index (χ3v) is 3.54. The molecule has 2 aromatic rings. The zero-order chi connectivity index (χ0) is 13.1. The summed E-state index contributed by atoms with van der Waals surface area (Å²) in [5.74, 6) is -0.800. The maximum atomic E-state index is 12.8. The highest BCUT2D eigenvalue weighted by atomic mass is 35.5. The Kier molecular flexibility index (Phi) is 3.84. The second-order valence-corrected chi connectivity index (χ2v) is 5.42. The molecule has 3 N–H and O–H groups in total. The van der Waals surface area contributed by atoms with Crippen LogP contribution in [0.15, 0.2) is 30.3 Å². The number of halogens is 2. The molecule has 0 aliphatic heterocycles. The molecule has 0 atom stereocenters. The lowest BCUT2D eigenvalue weighted by molar-refractivity contribution is 0.0952. The molecular formula is C12H10ClFN2OS. The van der Waals surface area contributed by atoms with Gasteiger partial charge >= 0.3 is 0 Å². The van der Waals surface area contributed by atoms with Crippen molar-refractivity contribution in [3.05, 3.63) is 50.9 Å². The first-order valence-electron chi connectivity index (χ1n) is 5.13. The van der Waals surface area contributed by atoms with Crippen molar-refractivity contribution in [2.24, 2.45) is 0 Å². The van der Waals surface area contributed by atoms with Gasteiger partial charge in [0.25, 0.3) is 5.91 Å². The smallest absolute Gasteiger partial charge is 0.253 e. The number of hydrogen-bond acceptors (Lipinski definition) is 3. The van der Waals surface area contributed by atoms with Gasteiger partial charge in [0, 0.05) is 10.6 Å². The van der Waals surface area contributed by atoms with E-state index in [0.29, 0.717) is 10.9 Å². The molecular weight excluding hydrogens is 275 g/mol. The molecule has 2 rings (SSSR count). The maximum Gasteiger partial charge on any atom is 0.253 e. The van der Waals surface area contributed by atoms with Crippen molar-refractivity contribution < 1.29 is 9.18 Å². The Morgan fingerprint density at radius 2 is 2.17 bits per heavy atom. The summed E-state index contributed by atoms with van der Waals surface area (Å²) >= 11 is 7.17. The van der Waals surface area contributed by atoms with Gasteiger partial charge < -0.3 is 11.1 Å². The predicted molar refractivity (Wildman–Crippen MR) is 71.3 cm³/mol. The van der Waals surface area contributed by atoms with Gasteiger partial charge in [0.05, 0.1) is 16.4 Å². The van der Waals surface area contributed by atoms with Crippen molar-refractivity contribution >= 4 is 34.5 Å². The molecule has 18 heavy (non-hydrogen) atoms. The SMILES string of the molecule is Nc1cc(F)ccc1C(=O)NCc1ccc(Cl)s1. The number of anilines is 1. The number of nitrogens with two attached hydrogens (primary N) is 1. The Balaban J connectivity index is 2.03. The first kappa shape index (κ1) is 12.9. The summed E-state index contributed by atoms with van der Waals surface area (Å²) in [5.41, 5.74) is 5.96. The number of hydrogen-bond donors (Lipinski definition) is 2. The Labute approximate surface area is 112 Å². The van der Waals surface area contributed by atoms with Crippen molar-refractivity contribution in [1.29, 1.82) is 0 Å². The molecule has 1 heterocycles. The summed E-state index contributed by atoms with van der Waals surface area (Å²) in [4.78, 5) is 12.8. The summed E-state index contributed by atoms with van der Waals surface area (Å²) < 4.78 is 13.5. The standard InChI is InChI=1S/C12H10ClFN2OS/c13-11-4-2-8(18-11)6-16-12(17)9-3-1-7(14)5-10(9)15/h1-5H,6,15H2,(H,16,17). The van der Waals surface area contributed by atoms with Gasteiger partial charge in [-0.2, -0.15) is 0 Å². The molecule has 0 saturated heterocycles. The molecule has 1 aromatic heterocycles. The van der Waals surface area contributed by atoms with Crippen LogP contribution in [-0.2, 0) is 6.54 Å². The van der Waals surface area contributed by atoms with Gasteiger partial charge in [-0.1, -0.05) is 11.6 Å². The minimum atomic E-state index is -0.464.